The topological polar surface area (TPSA) is 79.2 Å². The van der Waals surface area contributed by atoms with Gasteiger partial charge in [-0.25, -0.2) is 0 Å². The van der Waals surface area contributed by atoms with E-state index in [0.29, 0.717) is 6.61 Å². The summed E-state index contributed by atoms with van der Waals surface area (Å²) in [6.07, 6.45) is 40.4. The van der Waals surface area contributed by atoms with Crippen LogP contribution < -0.4 is 0 Å². The first-order valence-corrected chi connectivity index (χ1v) is 23.7. The van der Waals surface area contributed by atoms with Crippen LogP contribution in [0, 0.1) is 5.92 Å². The molecule has 0 aromatic rings. The molecule has 0 bridgehead atoms. The van der Waals surface area contributed by atoms with E-state index in [1.165, 1.54) is 128 Å². The van der Waals surface area contributed by atoms with E-state index in [0.717, 1.165) is 110 Å². The second-order valence-corrected chi connectivity index (χ2v) is 16.5. The highest BCUT2D eigenvalue weighted by Gasteiger charge is 2.25. The number of rotatable bonds is 44. The van der Waals surface area contributed by atoms with E-state index in [2.05, 4.69) is 25.7 Å². The molecule has 0 amide bonds. The molecule has 0 radical (unpaired) electrons. The van der Waals surface area contributed by atoms with Crippen molar-refractivity contribution < 1.29 is 24.5 Å². The molecule has 0 spiro atoms. The van der Waals surface area contributed by atoms with Gasteiger partial charge >= 0.3 is 5.97 Å². The quantitative estimate of drug-likeness (QED) is 0.0476. The molecular formula is C47H95NO5. The monoisotopic (exact) mass is 754 g/mol. The van der Waals surface area contributed by atoms with Crippen LogP contribution in [-0.2, 0) is 14.3 Å². The smallest absolute Gasteiger partial charge is 0.308 e. The zero-order chi connectivity index (χ0) is 38.9. The van der Waals surface area contributed by atoms with Gasteiger partial charge in [0.05, 0.1) is 31.3 Å². The fourth-order valence-electron chi connectivity index (χ4n) is 7.83. The molecule has 0 aromatic carbocycles. The summed E-state index contributed by atoms with van der Waals surface area (Å²) >= 11 is 0. The normalized spacial score (nSPS) is 13.5. The molecule has 0 rings (SSSR count). The summed E-state index contributed by atoms with van der Waals surface area (Å²) < 4.78 is 11.1. The molecule has 53 heavy (non-hydrogen) atoms. The molecule has 0 aromatic heterocycles. The van der Waals surface area contributed by atoms with Crippen molar-refractivity contribution in [3.05, 3.63) is 0 Å². The highest BCUT2D eigenvalue weighted by molar-refractivity contribution is 5.72. The Bertz CT molecular complexity index is 721. The lowest BCUT2D eigenvalue weighted by atomic mass is 9.94. The molecule has 0 aliphatic rings. The maximum atomic E-state index is 13.0. The third kappa shape index (κ3) is 34.3. The van der Waals surface area contributed by atoms with Gasteiger partial charge in [0.1, 0.15) is 0 Å². The molecule has 0 aliphatic carbocycles. The number of nitrogens with zero attached hydrogens (tertiary/aromatic N) is 1. The first-order chi connectivity index (χ1) is 26.0. The van der Waals surface area contributed by atoms with Crippen LogP contribution in [0.15, 0.2) is 0 Å². The van der Waals surface area contributed by atoms with E-state index in [4.69, 9.17) is 9.47 Å². The highest BCUT2D eigenvalue weighted by Crippen LogP contribution is 2.21. The van der Waals surface area contributed by atoms with Gasteiger partial charge in [0.2, 0.25) is 0 Å². The van der Waals surface area contributed by atoms with Gasteiger partial charge < -0.3 is 19.7 Å². The van der Waals surface area contributed by atoms with Gasteiger partial charge in [-0.1, -0.05) is 194 Å². The van der Waals surface area contributed by atoms with Crippen molar-refractivity contribution >= 4 is 5.97 Å². The SMILES string of the molecule is CCCCCCCCCCCCCCCC(O)C(CO)N(CCCCCCOC)CCCCCCOC(=O)C(CCCCCC)CCCCCCCC. The third-order valence-corrected chi connectivity index (χ3v) is 11.5. The molecule has 0 aliphatic heterocycles. The Morgan fingerprint density at radius 1 is 0.491 bits per heavy atom. The Morgan fingerprint density at radius 2 is 0.849 bits per heavy atom. The van der Waals surface area contributed by atoms with Gasteiger partial charge in [-0.3, -0.25) is 9.69 Å². The summed E-state index contributed by atoms with van der Waals surface area (Å²) in [5.74, 6) is 0.109. The molecule has 3 atom stereocenters. The summed E-state index contributed by atoms with van der Waals surface area (Å²) in [6.45, 7) is 9.95. The molecule has 6 heteroatoms. The van der Waals surface area contributed by atoms with E-state index in [9.17, 15) is 15.0 Å². The van der Waals surface area contributed by atoms with Crippen molar-refractivity contribution in [1.29, 1.82) is 0 Å². The number of carbonyl (C=O) groups excluding carboxylic acids is 1. The molecule has 0 saturated carbocycles. The standard InChI is InChI=1S/C47H95NO5/c1-5-8-11-14-16-17-18-19-20-21-22-24-31-38-46(50)45(43-49)48(39-32-25-27-34-41-52-4)40-33-26-28-35-42-53-47(51)44(36-29-13-10-7-3)37-30-23-15-12-9-6-2/h44-46,49-50H,5-43H2,1-4H3. The number of esters is 1. The number of methoxy groups -OCH3 is 1. The number of aliphatic hydroxyl groups excluding tert-OH is 2. The number of ether oxygens (including phenoxy) is 2. The average molecular weight is 754 g/mol. The fraction of sp³-hybridized carbons (Fsp3) is 0.979. The first-order valence-electron chi connectivity index (χ1n) is 23.7. The number of hydrogen-bond acceptors (Lipinski definition) is 6. The van der Waals surface area contributed by atoms with Crippen LogP contribution in [0.2, 0.25) is 0 Å². The largest absolute Gasteiger partial charge is 0.465 e. The third-order valence-electron chi connectivity index (χ3n) is 11.5. The van der Waals surface area contributed by atoms with E-state index in [-0.39, 0.29) is 24.5 Å². The number of carbonyl (C=O) groups is 1. The number of unbranched alkanes of at least 4 members (excludes halogenated alkanes) is 26. The van der Waals surface area contributed by atoms with Crippen LogP contribution in [0.3, 0.4) is 0 Å². The predicted octanol–water partition coefficient (Wildman–Crippen LogP) is 13.1. The van der Waals surface area contributed by atoms with Crippen LogP contribution in [0.25, 0.3) is 0 Å². The minimum absolute atomic E-state index is 0.0115. The minimum atomic E-state index is -0.480. The van der Waals surface area contributed by atoms with Gasteiger partial charge in [-0.15, -0.1) is 0 Å². The first kappa shape index (κ1) is 52.3. The molecule has 0 heterocycles. The summed E-state index contributed by atoms with van der Waals surface area (Å²) in [5, 5.41) is 21.6. The lowest BCUT2D eigenvalue weighted by Gasteiger charge is -2.34. The van der Waals surface area contributed by atoms with Gasteiger partial charge in [0.25, 0.3) is 0 Å². The molecular weight excluding hydrogens is 659 g/mol. The summed E-state index contributed by atoms with van der Waals surface area (Å²) in [6, 6.07) is -0.187. The summed E-state index contributed by atoms with van der Waals surface area (Å²) in [4.78, 5) is 15.4. The van der Waals surface area contributed by atoms with Gasteiger partial charge in [0, 0.05) is 13.7 Å². The van der Waals surface area contributed by atoms with Gasteiger partial charge in [-0.05, 0) is 58.0 Å². The molecule has 0 saturated heterocycles. The zero-order valence-electron chi connectivity index (χ0n) is 36.4. The maximum absolute atomic E-state index is 13.0. The lowest BCUT2D eigenvalue weighted by Crippen LogP contribution is -2.47. The van der Waals surface area contributed by atoms with Crippen LogP contribution in [-0.4, -0.2) is 73.2 Å². The summed E-state index contributed by atoms with van der Waals surface area (Å²) in [7, 11) is 1.76. The molecule has 3 unspecified atom stereocenters. The number of aliphatic hydroxyl groups is 2. The minimum Gasteiger partial charge on any atom is -0.465 e. The number of hydrogen-bond donors (Lipinski definition) is 2. The van der Waals surface area contributed by atoms with Crippen molar-refractivity contribution in [3.63, 3.8) is 0 Å². The Morgan fingerprint density at radius 3 is 1.28 bits per heavy atom. The van der Waals surface area contributed by atoms with Crippen LogP contribution in [0.1, 0.15) is 239 Å². The van der Waals surface area contributed by atoms with Crippen LogP contribution in [0.4, 0.5) is 0 Å². The van der Waals surface area contributed by atoms with Crippen molar-refractivity contribution in [2.45, 2.75) is 251 Å². The zero-order valence-corrected chi connectivity index (χ0v) is 36.4. The summed E-state index contributed by atoms with van der Waals surface area (Å²) in [5.41, 5.74) is 0. The predicted molar refractivity (Wildman–Crippen MR) is 229 cm³/mol. The van der Waals surface area contributed by atoms with Crippen molar-refractivity contribution in [3.8, 4) is 0 Å². The second-order valence-electron chi connectivity index (χ2n) is 16.5. The fourth-order valence-corrected chi connectivity index (χ4v) is 7.83. The van der Waals surface area contributed by atoms with Crippen molar-refractivity contribution in [1.82, 2.24) is 4.90 Å². The van der Waals surface area contributed by atoms with Crippen molar-refractivity contribution in [2.24, 2.45) is 5.92 Å². The Hall–Kier alpha value is -0.690. The molecule has 6 nitrogen and oxygen atoms in total. The van der Waals surface area contributed by atoms with E-state index in [1.807, 2.05) is 0 Å². The maximum Gasteiger partial charge on any atom is 0.308 e. The Balaban J connectivity index is 4.56. The van der Waals surface area contributed by atoms with Gasteiger partial charge in [-0.2, -0.15) is 0 Å². The van der Waals surface area contributed by atoms with Crippen LogP contribution in [0.5, 0.6) is 0 Å². The Kier molecular flexibility index (Phi) is 41.9. The van der Waals surface area contributed by atoms with Crippen LogP contribution >= 0.6 is 0 Å². The van der Waals surface area contributed by atoms with E-state index < -0.39 is 6.10 Å². The van der Waals surface area contributed by atoms with Gasteiger partial charge in [0.15, 0.2) is 0 Å². The molecule has 318 valence electrons. The van der Waals surface area contributed by atoms with E-state index in [1.54, 1.807) is 7.11 Å². The Labute approximate surface area is 331 Å². The van der Waals surface area contributed by atoms with E-state index >= 15 is 0 Å². The molecule has 2 N–H and O–H groups in total. The van der Waals surface area contributed by atoms with Crippen molar-refractivity contribution in [2.75, 3.05) is 40.0 Å². The average Bonchev–Trinajstić information content (AvgIpc) is 3.16. The highest BCUT2D eigenvalue weighted by atomic mass is 16.5. The molecule has 0 fully saturated rings. The second kappa shape index (κ2) is 42.5. The lowest BCUT2D eigenvalue weighted by molar-refractivity contribution is -0.149.